The Hall–Kier alpha value is -2.62. The lowest BCUT2D eigenvalue weighted by Crippen LogP contribution is -2.28. The lowest BCUT2D eigenvalue weighted by molar-refractivity contribution is -0.123. The summed E-state index contributed by atoms with van der Waals surface area (Å²) < 4.78 is 5.31. The largest absolute Gasteiger partial charge is 0.496 e. The van der Waals surface area contributed by atoms with E-state index >= 15 is 0 Å². The zero-order valence-corrected chi connectivity index (χ0v) is 15.7. The highest BCUT2D eigenvalue weighted by Crippen LogP contribution is 2.29. The maximum absolute atomic E-state index is 13.1. The third kappa shape index (κ3) is 4.08. The van der Waals surface area contributed by atoms with Crippen LogP contribution in [0.25, 0.3) is 0 Å². The minimum Gasteiger partial charge on any atom is -0.496 e. The number of anilines is 1. The Labute approximate surface area is 149 Å². The zero-order valence-electron chi connectivity index (χ0n) is 15.7. The number of carbonyl (C=O) groups is 2. The number of hydrogen-bond donors (Lipinski definition) is 1. The Kier molecular flexibility index (Phi) is 5.31. The molecule has 0 heterocycles. The molecule has 25 heavy (non-hydrogen) atoms. The highest BCUT2D eigenvalue weighted by Gasteiger charge is 2.24. The number of amides is 1. The van der Waals surface area contributed by atoms with Crippen molar-refractivity contribution in [3.63, 3.8) is 0 Å². The third-order valence-corrected chi connectivity index (χ3v) is 4.16. The van der Waals surface area contributed by atoms with Crippen LogP contribution in [0.2, 0.25) is 0 Å². The Balaban J connectivity index is 2.54. The van der Waals surface area contributed by atoms with Crippen LogP contribution in [0.3, 0.4) is 0 Å². The number of ketones is 1. The molecule has 0 bridgehead atoms. The van der Waals surface area contributed by atoms with E-state index in [1.54, 1.807) is 18.2 Å². The molecule has 0 atom stereocenters. The second-order valence-corrected chi connectivity index (χ2v) is 7.22. The number of aryl methyl sites for hydroxylation is 2. The first-order valence-corrected chi connectivity index (χ1v) is 8.25. The number of carbonyl (C=O) groups excluding carboxylic acids is 2. The summed E-state index contributed by atoms with van der Waals surface area (Å²) in [6.45, 7) is 9.42. The molecule has 2 aromatic rings. The molecule has 0 saturated heterocycles. The van der Waals surface area contributed by atoms with Crippen LogP contribution in [0.4, 0.5) is 5.69 Å². The van der Waals surface area contributed by atoms with Gasteiger partial charge in [-0.25, -0.2) is 0 Å². The van der Waals surface area contributed by atoms with Crippen LogP contribution >= 0.6 is 0 Å². The van der Waals surface area contributed by atoms with Crippen molar-refractivity contribution in [1.29, 1.82) is 0 Å². The van der Waals surface area contributed by atoms with Gasteiger partial charge in [0.2, 0.25) is 5.91 Å². The maximum atomic E-state index is 13.1. The molecule has 0 spiro atoms. The number of para-hydroxylation sites is 1. The lowest BCUT2D eigenvalue weighted by Gasteiger charge is -2.20. The molecular weight excluding hydrogens is 314 g/mol. The van der Waals surface area contributed by atoms with Crippen LogP contribution in [0, 0.1) is 19.3 Å². The molecule has 2 rings (SSSR count). The zero-order chi connectivity index (χ0) is 18.8. The van der Waals surface area contributed by atoms with E-state index in [1.807, 2.05) is 52.8 Å². The van der Waals surface area contributed by atoms with E-state index in [-0.39, 0.29) is 11.7 Å². The van der Waals surface area contributed by atoms with Gasteiger partial charge in [-0.15, -0.1) is 0 Å². The summed E-state index contributed by atoms with van der Waals surface area (Å²) in [6.07, 6.45) is 0. The minimum atomic E-state index is -0.552. The Morgan fingerprint density at radius 3 is 2.16 bits per heavy atom. The van der Waals surface area contributed by atoms with Crippen molar-refractivity contribution in [3.8, 4) is 5.75 Å². The van der Waals surface area contributed by atoms with Gasteiger partial charge in [0.15, 0.2) is 5.78 Å². The monoisotopic (exact) mass is 339 g/mol. The van der Waals surface area contributed by atoms with Crippen molar-refractivity contribution in [2.45, 2.75) is 34.6 Å². The van der Waals surface area contributed by atoms with E-state index < -0.39 is 5.41 Å². The third-order valence-electron chi connectivity index (χ3n) is 4.16. The fourth-order valence-corrected chi connectivity index (χ4v) is 2.39. The number of rotatable bonds is 4. The Morgan fingerprint density at radius 2 is 1.56 bits per heavy atom. The maximum Gasteiger partial charge on any atom is 0.229 e. The summed E-state index contributed by atoms with van der Waals surface area (Å²) >= 11 is 0. The summed E-state index contributed by atoms with van der Waals surface area (Å²) in [4.78, 5) is 25.5. The fourth-order valence-electron chi connectivity index (χ4n) is 2.39. The van der Waals surface area contributed by atoms with Crippen molar-refractivity contribution < 1.29 is 14.3 Å². The predicted octanol–water partition coefficient (Wildman–Crippen LogP) is 4.53. The van der Waals surface area contributed by atoms with Crippen molar-refractivity contribution in [1.82, 2.24) is 0 Å². The molecule has 132 valence electrons. The van der Waals surface area contributed by atoms with E-state index in [0.717, 1.165) is 11.1 Å². The van der Waals surface area contributed by atoms with Gasteiger partial charge in [0, 0.05) is 11.0 Å². The molecule has 0 fully saturated rings. The van der Waals surface area contributed by atoms with Gasteiger partial charge in [-0.2, -0.15) is 0 Å². The Bertz CT molecular complexity index is 816. The Morgan fingerprint density at radius 1 is 0.960 bits per heavy atom. The first kappa shape index (κ1) is 18.7. The normalized spacial score (nSPS) is 11.1. The first-order chi connectivity index (χ1) is 11.6. The van der Waals surface area contributed by atoms with Gasteiger partial charge in [-0.05, 0) is 49.2 Å². The van der Waals surface area contributed by atoms with Crippen LogP contribution in [-0.4, -0.2) is 18.8 Å². The summed E-state index contributed by atoms with van der Waals surface area (Å²) in [5, 5.41) is 2.91. The quantitative estimate of drug-likeness (QED) is 0.833. The fraction of sp³-hybridized carbons (Fsp3) is 0.333. The molecule has 0 aromatic heterocycles. The van der Waals surface area contributed by atoms with Crippen molar-refractivity contribution >= 4 is 17.4 Å². The van der Waals surface area contributed by atoms with Crippen LogP contribution < -0.4 is 10.1 Å². The molecule has 4 nitrogen and oxygen atoms in total. The van der Waals surface area contributed by atoms with Crippen molar-refractivity contribution in [2.24, 2.45) is 5.41 Å². The average molecular weight is 339 g/mol. The minimum absolute atomic E-state index is 0.134. The summed E-state index contributed by atoms with van der Waals surface area (Å²) in [6, 6.07) is 10.8. The van der Waals surface area contributed by atoms with E-state index in [2.05, 4.69) is 5.32 Å². The summed E-state index contributed by atoms with van der Waals surface area (Å²) in [5.41, 5.74) is 2.92. The second kappa shape index (κ2) is 7.09. The first-order valence-electron chi connectivity index (χ1n) is 8.25. The summed E-state index contributed by atoms with van der Waals surface area (Å²) in [7, 11) is 1.54. The molecule has 2 aromatic carbocycles. The predicted molar refractivity (Wildman–Crippen MR) is 100 cm³/mol. The topological polar surface area (TPSA) is 55.4 Å². The van der Waals surface area contributed by atoms with Gasteiger partial charge in [-0.3, -0.25) is 9.59 Å². The van der Waals surface area contributed by atoms with E-state index in [1.165, 1.54) is 7.11 Å². The molecule has 4 heteroatoms. The van der Waals surface area contributed by atoms with E-state index in [0.29, 0.717) is 22.6 Å². The van der Waals surface area contributed by atoms with Gasteiger partial charge in [-0.1, -0.05) is 32.9 Å². The van der Waals surface area contributed by atoms with Gasteiger partial charge >= 0.3 is 0 Å². The average Bonchev–Trinajstić information content (AvgIpc) is 2.56. The SMILES string of the molecule is COc1ccccc1C(=O)c1cc(C)c(C)cc1NC(=O)C(C)(C)C. The van der Waals surface area contributed by atoms with E-state index in [9.17, 15) is 9.59 Å². The summed E-state index contributed by atoms with van der Waals surface area (Å²) in [5.74, 6) is 0.202. The van der Waals surface area contributed by atoms with Gasteiger partial charge in [0.05, 0.1) is 18.4 Å². The standard InChI is InChI=1S/C21H25NO3/c1-13-11-16(19(23)15-9-7-8-10-18(15)25-6)17(12-14(13)2)22-20(24)21(3,4)5/h7-12H,1-6H3,(H,22,24). The lowest BCUT2D eigenvalue weighted by atomic mass is 9.93. The van der Waals surface area contributed by atoms with Gasteiger partial charge < -0.3 is 10.1 Å². The van der Waals surface area contributed by atoms with Crippen LogP contribution in [0.15, 0.2) is 36.4 Å². The van der Waals surface area contributed by atoms with Crippen molar-refractivity contribution in [3.05, 3.63) is 58.7 Å². The van der Waals surface area contributed by atoms with Gasteiger partial charge in [0.25, 0.3) is 0 Å². The number of ether oxygens (including phenoxy) is 1. The molecular formula is C21H25NO3. The van der Waals surface area contributed by atoms with Crippen LogP contribution in [-0.2, 0) is 4.79 Å². The highest BCUT2D eigenvalue weighted by molar-refractivity contribution is 6.15. The smallest absolute Gasteiger partial charge is 0.229 e. The highest BCUT2D eigenvalue weighted by atomic mass is 16.5. The van der Waals surface area contributed by atoms with Crippen LogP contribution in [0.1, 0.15) is 47.8 Å². The number of nitrogens with one attached hydrogen (secondary N) is 1. The molecule has 0 unspecified atom stereocenters. The van der Waals surface area contributed by atoms with Crippen LogP contribution in [0.5, 0.6) is 5.75 Å². The number of benzene rings is 2. The van der Waals surface area contributed by atoms with E-state index in [4.69, 9.17) is 4.74 Å². The van der Waals surface area contributed by atoms with Crippen molar-refractivity contribution in [2.75, 3.05) is 12.4 Å². The number of methoxy groups -OCH3 is 1. The van der Waals surface area contributed by atoms with Gasteiger partial charge in [0.1, 0.15) is 5.75 Å². The number of hydrogen-bond acceptors (Lipinski definition) is 3. The molecule has 0 aliphatic rings. The molecule has 0 radical (unpaired) electrons. The second-order valence-electron chi connectivity index (χ2n) is 7.22. The molecule has 0 aliphatic heterocycles. The molecule has 1 amide bonds. The molecule has 0 aliphatic carbocycles. The molecule has 0 saturated carbocycles. The molecule has 1 N–H and O–H groups in total.